The number of fused-ring (bicyclic) bond motifs is 1. The van der Waals surface area contributed by atoms with Crippen LogP contribution in [0, 0.1) is 12.4 Å². The molecule has 136 valence electrons. The Hall–Kier alpha value is -3.17. The van der Waals surface area contributed by atoms with Crippen LogP contribution in [-0.2, 0) is 17.9 Å². The molecule has 3 aromatic rings. The Kier molecular flexibility index (Phi) is 5.24. The Morgan fingerprint density at radius 2 is 2.00 bits per heavy atom. The van der Waals surface area contributed by atoms with Crippen LogP contribution < -0.4 is 0 Å². The van der Waals surface area contributed by atoms with Gasteiger partial charge in [0.05, 0.1) is 25.1 Å². The van der Waals surface area contributed by atoms with Crippen LogP contribution in [0.2, 0.25) is 0 Å². The van der Waals surface area contributed by atoms with Gasteiger partial charge in [0.2, 0.25) is 0 Å². The lowest BCUT2D eigenvalue weighted by atomic mass is 10.0. The molecule has 1 unspecified atom stereocenters. The molecule has 1 aliphatic rings. The molecule has 1 aliphatic heterocycles. The molecule has 5 nitrogen and oxygen atoms in total. The molecule has 1 aromatic heterocycles. The van der Waals surface area contributed by atoms with E-state index in [0.29, 0.717) is 18.8 Å². The second-order valence-corrected chi connectivity index (χ2v) is 6.22. The number of carbonyl (C=O) groups is 1. The standard InChI is InChI=1S/C20H15FN4O.ClH/c1-22-17-4-2-3-15(9-17)19-20(26)24(12-18-10-23-13-25(18)19)11-14-5-7-16(21)8-6-14;/h2-10,13,19H,11-12H2;1H. The van der Waals surface area contributed by atoms with Gasteiger partial charge in [0.15, 0.2) is 5.69 Å². The highest BCUT2D eigenvalue weighted by atomic mass is 35.5. The van der Waals surface area contributed by atoms with Gasteiger partial charge in [0.1, 0.15) is 11.9 Å². The van der Waals surface area contributed by atoms with Crippen LogP contribution in [0.4, 0.5) is 10.1 Å². The number of carbonyl (C=O) groups excluding carboxylic acids is 1. The number of halogens is 2. The molecule has 1 atom stereocenters. The average Bonchev–Trinajstić information content (AvgIpc) is 3.12. The Labute approximate surface area is 162 Å². The van der Waals surface area contributed by atoms with Crippen LogP contribution in [0.15, 0.2) is 61.1 Å². The highest BCUT2D eigenvalue weighted by Gasteiger charge is 2.34. The topological polar surface area (TPSA) is 42.5 Å². The number of hydrogen-bond acceptors (Lipinski definition) is 2. The average molecular weight is 383 g/mol. The van der Waals surface area contributed by atoms with Crippen LogP contribution >= 0.6 is 12.4 Å². The normalized spacial score (nSPS) is 15.6. The van der Waals surface area contributed by atoms with Crippen LogP contribution in [0.25, 0.3) is 4.85 Å². The van der Waals surface area contributed by atoms with E-state index < -0.39 is 6.04 Å². The molecule has 0 aliphatic carbocycles. The summed E-state index contributed by atoms with van der Waals surface area (Å²) in [6, 6.07) is 12.7. The summed E-state index contributed by atoms with van der Waals surface area (Å²) in [6.45, 7) is 8.04. The fourth-order valence-electron chi connectivity index (χ4n) is 3.26. The zero-order valence-electron chi connectivity index (χ0n) is 14.2. The monoisotopic (exact) mass is 382 g/mol. The van der Waals surface area contributed by atoms with Crippen LogP contribution in [0.3, 0.4) is 0 Å². The van der Waals surface area contributed by atoms with Crippen molar-refractivity contribution in [1.82, 2.24) is 14.5 Å². The quantitative estimate of drug-likeness (QED) is 0.639. The minimum Gasteiger partial charge on any atom is -0.330 e. The van der Waals surface area contributed by atoms with Crippen molar-refractivity contribution in [3.63, 3.8) is 0 Å². The second kappa shape index (κ2) is 7.60. The molecule has 4 rings (SSSR count). The maximum absolute atomic E-state index is 13.2. The Morgan fingerprint density at radius 3 is 2.74 bits per heavy atom. The van der Waals surface area contributed by atoms with Crippen molar-refractivity contribution in [3.8, 4) is 0 Å². The number of amides is 1. The summed E-state index contributed by atoms with van der Waals surface area (Å²) in [7, 11) is 0. The molecule has 0 fully saturated rings. The van der Waals surface area contributed by atoms with E-state index in [1.807, 2.05) is 10.6 Å². The van der Waals surface area contributed by atoms with E-state index in [4.69, 9.17) is 6.57 Å². The van der Waals surface area contributed by atoms with Gasteiger partial charge in [0, 0.05) is 12.7 Å². The lowest BCUT2D eigenvalue weighted by molar-refractivity contribution is -0.136. The fraction of sp³-hybridized carbons (Fsp3) is 0.150. The number of imidazole rings is 1. The Bertz CT molecular complexity index is 1010. The lowest BCUT2D eigenvalue weighted by Gasteiger charge is -2.34. The number of nitrogens with zero attached hydrogens (tertiary/aromatic N) is 4. The maximum atomic E-state index is 13.2. The van der Waals surface area contributed by atoms with Crippen molar-refractivity contribution in [2.75, 3.05) is 0 Å². The van der Waals surface area contributed by atoms with Crippen LogP contribution in [0.5, 0.6) is 0 Å². The first-order valence-electron chi connectivity index (χ1n) is 8.17. The predicted molar refractivity (Wildman–Crippen MR) is 101 cm³/mol. The molecule has 1 amide bonds. The zero-order chi connectivity index (χ0) is 18.1. The molecule has 0 bridgehead atoms. The summed E-state index contributed by atoms with van der Waals surface area (Å²) >= 11 is 0. The molecule has 0 spiro atoms. The highest BCUT2D eigenvalue weighted by molar-refractivity contribution is 5.85. The van der Waals surface area contributed by atoms with Gasteiger partial charge in [-0.15, -0.1) is 12.4 Å². The molecular formula is C20H16ClFN4O. The van der Waals surface area contributed by atoms with Crippen LogP contribution in [0.1, 0.15) is 22.9 Å². The van der Waals surface area contributed by atoms with E-state index in [-0.39, 0.29) is 24.1 Å². The number of aromatic nitrogens is 2. The second-order valence-electron chi connectivity index (χ2n) is 6.22. The van der Waals surface area contributed by atoms with Gasteiger partial charge in [-0.2, -0.15) is 0 Å². The van der Waals surface area contributed by atoms with E-state index in [1.54, 1.807) is 47.8 Å². The van der Waals surface area contributed by atoms with Gasteiger partial charge < -0.3 is 9.47 Å². The molecule has 7 heteroatoms. The number of rotatable bonds is 3. The number of benzene rings is 2. The highest BCUT2D eigenvalue weighted by Crippen LogP contribution is 2.31. The Morgan fingerprint density at radius 1 is 1.22 bits per heavy atom. The zero-order valence-corrected chi connectivity index (χ0v) is 15.1. The van der Waals surface area contributed by atoms with Gasteiger partial charge in [-0.25, -0.2) is 14.2 Å². The van der Waals surface area contributed by atoms with Crippen molar-refractivity contribution in [1.29, 1.82) is 0 Å². The van der Waals surface area contributed by atoms with Gasteiger partial charge in [-0.1, -0.05) is 36.4 Å². The largest absolute Gasteiger partial charge is 0.330 e. The van der Waals surface area contributed by atoms with Crippen LogP contribution in [-0.4, -0.2) is 20.4 Å². The summed E-state index contributed by atoms with van der Waals surface area (Å²) in [5.41, 5.74) is 3.03. The van der Waals surface area contributed by atoms with E-state index in [9.17, 15) is 9.18 Å². The first-order chi connectivity index (χ1) is 12.7. The smallest absolute Gasteiger partial charge is 0.250 e. The minimum absolute atomic E-state index is 0. The fourth-order valence-corrected chi connectivity index (χ4v) is 3.26. The van der Waals surface area contributed by atoms with Crippen molar-refractivity contribution in [2.24, 2.45) is 0 Å². The van der Waals surface area contributed by atoms with Gasteiger partial charge in [-0.05, 0) is 23.3 Å². The summed E-state index contributed by atoms with van der Waals surface area (Å²) in [5, 5.41) is 0. The lowest BCUT2D eigenvalue weighted by Crippen LogP contribution is -2.42. The summed E-state index contributed by atoms with van der Waals surface area (Å²) in [6.07, 6.45) is 3.40. The summed E-state index contributed by atoms with van der Waals surface area (Å²) in [4.78, 5) is 22.6. The first-order valence-corrected chi connectivity index (χ1v) is 8.17. The summed E-state index contributed by atoms with van der Waals surface area (Å²) in [5.74, 6) is -0.368. The van der Waals surface area contributed by atoms with Crippen molar-refractivity contribution in [3.05, 3.63) is 95.1 Å². The number of hydrogen-bond donors (Lipinski definition) is 0. The molecule has 27 heavy (non-hydrogen) atoms. The van der Waals surface area contributed by atoms with Crippen molar-refractivity contribution < 1.29 is 9.18 Å². The van der Waals surface area contributed by atoms with E-state index in [0.717, 1.165) is 16.8 Å². The van der Waals surface area contributed by atoms with Crippen molar-refractivity contribution in [2.45, 2.75) is 19.1 Å². The third-order valence-corrected chi connectivity index (χ3v) is 4.52. The predicted octanol–water partition coefficient (Wildman–Crippen LogP) is 4.13. The molecule has 2 aromatic carbocycles. The summed E-state index contributed by atoms with van der Waals surface area (Å²) < 4.78 is 15.0. The van der Waals surface area contributed by atoms with E-state index in [2.05, 4.69) is 9.83 Å². The Balaban J connectivity index is 0.00000210. The molecule has 0 saturated carbocycles. The third kappa shape index (κ3) is 3.55. The third-order valence-electron chi connectivity index (χ3n) is 4.52. The van der Waals surface area contributed by atoms with Gasteiger partial charge in [-0.3, -0.25) is 4.79 Å². The first kappa shape index (κ1) is 18.6. The minimum atomic E-state index is -0.552. The molecule has 2 heterocycles. The van der Waals surface area contributed by atoms with Crippen molar-refractivity contribution >= 4 is 24.0 Å². The molecule has 0 N–H and O–H groups in total. The molecular weight excluding hydrogens is 367 g/mol. The molecule has 0 saturated heterocycles. The maximum Gasteiger partial charge on any atom is 0.250 e. The van der Waals surface area contributed by atoms with Gasteiger partial charge in [0.25, 0.3) is 5.91 Å². The molecule has 0 radical (unpaired) electrons. The van der Waals surface area contributed by atoms with Gasteiger partial charge >= 0.3 is 0 Å². The SMILES string of the molecule is Cl.[C-]#[N+]c1cccc(C2C(=O)N(Cc3ccc(F)cc3)Cc3cncn32)c1. The van der Waals surface area contributed by atoms with E-state index in [1.165, 1.54) is 12.1 Å². The van der Waals surface area contributed by atoms with E-state index >= 15 is 0 Å².